The number of fused-ring (bicyclic) bond motifs is 2. The molecule has 2 aromatic rings. The second-order valence-corrected chi connectivity index (χ2v) is 8.32. The van der Waals surface area contributed by atoms with Crippen LogP contribution in [-0.2, 0) is 9.59 Å². The summed E-state index contributed by atoms with van der Waals surface area (Å²) in [6.45, 7) is 3.89. The second-order valence-electron chi connectivity index (χ2n) is 6.73. The Bertz CT molecular complexity index is 839. The Hall–Kier alpha value is -1.59. The number of ketones is 2. The summed E-state index contributed by atoms with van der Waals surface area (Å²) in [5.41, 5.74) is 2.53. The summed E-state index contributed by atoms with van der Waals surface area (Å²) in [7, 11) is 0. The lowest BCUT2D eigenvalue weighted by Gasteiger charge is -2.24. The van der Waals surface area contributed by atoms with Crippen LogP contribution in [0.2, 0.25) is 5.15 Å². The number of Topliss-reactive ketones (excluding diaryl/α,β-unsaturated/α-hetero) is 2. The monoisotopic (exact) mass is 360 g/mol. The molecule has 0 aromatic carbocycles. The van der Waals surface area contributed by atoms with Gasteiger partial charge in [0.25, 0.3) is 0 Å². The van der Waals surface area contributed by atoms with Crippen molar-refractivity contribution in [2.75, 3.05) is 0 Å². The number of aryl methyl sites for hydroxylation is 2. The van der Waals surface area contributed by atoms with Crippen molar-refractivity contribution in [3.63, 3.8) is 0 Å². The minimum absolute atomic E-state index is 0.0428. The Morgan fingerprint density at radius 2 is 1.83 bits per heavy atom. The Kier molecular flexibility index (Phi) is 3.81. The molecule has 2 aliphatic carbocycles. The Morgan fingerprint density at radius 1 is 1.17 bits per heavy atom. The molecular weight excluding hydrogens is 344 g/mol. The third kappa shape index (κ3) is 2.42. The summed E-state index contributed by atoms with van der Waals surface area (Å²) >= 11 is 7.43. The Balaban J connectivity index is 1.76. The van der Waals surface area contributed by atoms with E-state index < -0.39 is 5.92 Å². The molecule has 2 fully saturated rings. The van der Waals surface area contributed by atoms with E-state index in [9.17, 15) is 9.59 Å². The average Bonchev–Trinajstić information content (AvgIpc) is 3.12. The summed E-state index contributed by atoms with van der Waals surface area (Å²) in [5, 5.41) is 1.24. The largest absolute Gasteiger partial charge is 0.298 e. The van der Waals surface area contributed by atoms with E-state index >= 15 is 0 Å². The molecule has 2 aromatic heterocycles. The number of carbonyl (C=O) groups excluding carboxylic acids is 2. The molecule has 124 valence electrons. The molecule has 6 heteroatoms. The number of hydrogen-bond donors (Lipinski definition) is 0. The third-order valence-corrected chi connectivity index (χ3v) is 6.45. The van der Waals surface area contributed by atoms with Gasteiger partial charge in [-0.05, 0) is 44.7 Å². The number of carbonyl (C=O) groups is 2. The summed E-state index contributed by atoms with van der Waals surface area (Å²) in [4.78, 5) is 35.2. The first-order valence-electron chi connectivity index (χ1n) is 8.13. The molecule has 4 rings (SSSR count). The van der Waals surface area contributed by atoms with Gasteiger partial charge in [0, 0.05) is 28.5 Å². The van der Waals surface area contributed by atoms with Crippen molar-refractivity contribution in [1.29, 1.82) is 0 Å². The van der Waals surface area contributed by atoms with Crippen molar-refractivity contribution in [1.82, 2.24) is 9.97 Å². The van der Waals surface area contributed by atoms with Gasteiger partial charge in [-0.3, -0.25) is 9.59 Å². The van der Waals surface area contributed by atoms with Crippen molar-refractivity contribution in [3.05, 3.63) is 33.6 Å². The number of aromatic nitrogens is 2. The molecule has 0 N–H and O–H groups in total. The first-order chi connectivity index (χ1) is 11.5. The predicted molar refractivity (Wildman–Crippen MR) is 93.4 cm³/mol. The molecular formula is C18H17ClN2O2S. The SMILES string of the molecule is Cc1cc(Cl)ncc1-c1nc(C2C(=O)[C@H]3CC[C@@H](C3)C2=O)c(C)s1. The fourth-order valence-corrected chi connectivity index (χ4v) is 5.15. The highest BCUT2D eigenvalue weighted by Crippen LogP contribution is 2.45. The van der Waals surface area contributed by atoms with Gasteiger partial charge in [-0.2, -0.15) is 0 Å². The standard InChI is InChI=1S/C18H17ClN2O2S/c1-8-5-13(19)20-7-12(8)18-21-15(9(2)24-18)14-16(22)10-3-4-11(6-10)17(14)23/h5,7,10-11,14H,3-4,6H2,1-2H3/t10-,11-/m0/s1. The summed E-state index contributed by atoms with van der Waals surface area (Å²) < 4.78 is 0. The van der Waals surface area contributed by atoms with Crippen LogP contribution in [0.15, 0.2) is 12.3 Å². The number of halogens is 1. The van der Waals surface area contributed by atoms with Gasteiger partial charge >= 0.3 is 0 Å². The first-order valence-corrected chi connectivity index (χ1v) is 9.32. The highest BCUT2D eigenvalue weighted by atomic mass is 35.5. The van der Waals surface area contributed by atoms with E-state index in [1.54, 1.807) is 12.3 Å². The van der Waals surface area contributed by atoms with Gasteiger partial charge in [0.1, 0.15) is 16.1 Å². The molecule has 0 spiro atoms. The molecule has 0 radical (unpaired) electrons. The fourth-order valence-electron chi connectivity index (χ4n) is 3.92. The molecule has 2 heterocycles. The van der Waals surface area contributed by atoms with Crippen molar-refractivity contribution in [3.8, 4) is 10.6 Å². The highest BCUT2D eigenvalue weighted by Gasteiger charge is 2.48. The molecule has 4 nitrogen and oxygen atoms in total. The molecule has 0 amide bonds. The molecule has 0 saturated heterocycles. The zero-order valence-electron chi connectivity index (χ0n) is 13.5. The number of rotatable bonds is 2. The van der Waals surface area contributed by atoms with E-state index in [-0.39, 0.29) is 23.4 Å². The second kappa shape index (κ2) is 5.74. The van der Waals surface area contributed by atoms with E-state index in [4.69, 9.17) is 11.6 Å². The van der Waals surface area contributed by atoms with E-state index in [2.05, 4.69) is 9.97 Å². The molecule has 2 bridgehead atoms. The number of nitrogens with zero attached hydrogens (tertiary/aromatic N) is 2. The maximum Gasteiger partial charge on any atom is 0.152 e. The van der Waals surface area contributed by atoms with Crippen LogP contribution in [0.3, 0.4) is 0 Å². The van der Waals surface area contributed by atoms with E-state index in [0.717, 1.165) is 40.3 Å². The van der Waals surface area contributed by atoms with Gasteiger partial charge in [0.15, 0.2) is 11.6 Å². The van der Waals surface area contributed by atoms with Gasteiger partial charge < -0.3 is 0 Å². The van der Waals surface area contributed by atoms with Crippen LogP contribution in [0, 0.1) is 25.7 Å². The molecule has 0 unspecified atom stereocenters. The van der Waals surface area contributed by atoms with Crippen LogP contribution in [0.25, 0.3) is 10.6 Å². The normalized spacial score (nSPS) is 26.2. The van der Waals surface area contributed by atoms with Crippen molar-refractivity contribution >= 4 is 34.5 Å². The van der Waals surface area contributed by atoms with Gasteiger partial charge in [-0.15, -0.1) is 11.3 Å². The van der Waals surface area contributed by atoms with Crippen LogP contribution in [0.1, 0.15) is 41.3 Å². The summed E-state index contributed by atoms with van der Waals surface area (Å²) in [5.74, 6) is -0.441. The van der Waals surface area contributed by atoms with Crippen LogP contribution in [0.4, 0.5) is 0 Å². The van der Waals surface area contributed by atoms with Crippen LogP contribution in [-0.4, -0.2) is 21.5 Å². The van der Waals surface area contributed by atoms with Crippen molar-refractivity contribution < 1.29 is 9.59 Å². The summed E-state index contributed by atoms with van der Waals surface area (Å²) in [6.07, 6.45) is 4.14. The highest BCUT2D eigenvalue weighted by molar-refractivity contribution is 7.15. The zero-order valence-corrected chi connectivity index (χ0v) is 15.1. The lowest BCUT2D eigenvalue weighted by molar-refractivity contribution is -0.136. The molecule has 2 atom stereocenters. The quantitative estimate of drug-likeness (QED) is 0.596. The van der Waals surface area contributed by atoms with Gasteiger partial charge in [-0.25, -0.2) is 9.97 Å². The van der Waals surface area contributed by atoms with E-state index in [1.165, 1.54) is 11.3 Å². The number of hydrogen-bond acceptors (Lipinski definition) is 5. The smallest absolute Gasteiger partial charge is 0.152 e. The van der Waals surface area contributed by atoms with Crippen LogP contribution >= 0.6 is 22.9 Å². The molecule has 0 aliphatic heterocycles. The first kappa shape index (κ1) is 15.9. The van der Waals surface area contributed by atoms with Gasteiger partial charge in [0.05, 0.1) is 5.69 Å². The van der Waals surface area contributed by atoms with Crippen molar-refractivity contribution in [2.45, 2.75) is 39.0 Å². The van der Waals surface area contributed by atoms with E-state index in [1.807, 2.05) is 13.8 Å². The van der Waals surface area contributed by atoms with Crippen molar-refractivity contribution in [2.24, 2.45) is 11.8 Å². The molecule has 2 saturated carbocycles. The number of thiazole rings is 1. The topological polar surface area (TPSA) is 59.9 Å². The van der Waals surface area contributed by atoms with Crippen LogP contribution < -0.4 is 0 Å². The maximum atomic E-state index is 12.7. The summed E-state index contributed by atoms with van der Waals surface area (Å²) in [6, 6.07) is 1.80. The number of pyridine rings is 1. The maximum absolute atomic E-state index is 12.7. The third-order valence-electron chi connectivity index (χ3n) is 5.22. The average molecular weight is 361 g/mol. The predicted octanol–water partition coefficient (Wildman–Crippen LogP) is 4.13. The lowest BCUT2D eigenvalue weighted by Crippen LogP contribution is -2.35. The van der Waals surface area contributed by atoms with E-state index in [0.29, 0.717) is 10.8 Å². The Labute approximate surface area is 149 Å². The van der Waals surface area contributed by atoms with Gasteiger partial charge in [0.2, 0.25) is 0 Å². The fraction of sp³-hybridized carbons (Fsp3) is 0.444. The zero-order chi connectivity index (χ0) is 17.0. The lowest BCUT2D eigenvalue weighted by atomic mass is 9.77. The molecule has 2 aliphatic rings. The van der Waals surface area contributed by atoms with Crippen LogP contribution in [0.5, 0.6) is 0 Å². The molecule has 24 heavy (non-hydrogen) atoms. The minimum Gasteiger partial charge on any atom is -0.298 e. The Morgan fingerprint density at radius 3 is 2.46 bits per heavy atom. The van der Waals surface area contributed by atoms with Gasteiger partial charge in [-0.1, -0.05) is 11.6 Å². The minimum atomic E-state index is -0.665.